The van der Waals surface area contributed by atoms with Crippen molar-refractivity contribution >= 4 is 28.3 Å². The maximum atomic E-state index is 13.4. The van der Waals surface area contributed by atoms with Crippen LogP contribution in [0.2, 0.25) is 0 Å². The first-order valence-electron chi connectivity index (χ1n) is 11.4. The Morgan fingerprint density at radius 3 is 2.37 bits per heavy atom. The number of amides is 1. The highest BCUT2D eigenvalue weighted by Gasteiger charge is 2.19. The van der Waals surface area contributed by atoms with Gasteiger partial charge in [0.05, 0.1) is 17.4 Å². The third-order valence-electron chi connectivity index (χ3n) is 6.09. The van der Waals surface area contributed by atoms with Crippen LogP contribution in [0.4, 0.5) is 5.69 Å². The van der Waals surface area contributed by atoms with Crippen LogP contribution in [0, 0.1) is 20.8 Å². The SMILES string of the molecule is Cc1ccc(Cn2c(=O)c3ccccc3n3c(=O)n(CC(=O)Nc4ccc(C)cc4C)nc23)cc1. The van der Waals surface area contributed by atoms with Gasteiger partial charge >= 0.3 is 5.69 Å². The molecule has 0 saturated heterocycles. The van der Waals surface area contributed by atoms with Crippen LogP contribution in [0.1, 0.15) is 22.3 Å². The van der Waals surface area contributed by atoms with E-state index < -0.39 is 5.69 Å². The number of hydrogen-bond donors (Lipinski definition) is 1. The first-order valence-corrected chi connectivity index (χ1v) is 11.4. The van der Waals surface area contributed by atoms with Crippen LogP contribution in [0.15, 0.2) is 76.3 Å². The first kappa shape index (κ1) is 22.3. The van der Waals surface area contributed by atoms with E-state index in [1.165, 1.54) is 8.97 Å². The van der Waals surface area contributed by atoms with Crippen molar-refractivity contribution in [2.24, 2.45) is 0 Å². The average molecular weight is 468 g/mol. The van der Waals surface area contributed by atoms with Crippen LogP contribution < -0.4 is 16.6 Å². The van der Waals surface area contributed by atoms with Crippen molar-refractivity contribution in [3.63, 3.8) is 0 Å². The molecule has 0 saturated carbocycles. The molecule has 35 heavy (non-hydrogen) atoms. The van der Waals surface area contributed by atoms with Crippen molar-refractivity contribution < 1.29 is 4.79 Å². The number of para-hydroxylation sites is 1. The maximum Gasteiger partial charge on any atom is 0.352 e. The molecular formula is C27H25N5O3. The molecule has 2 aromatic heterocycles. The number of benzene rings is 3. The summed E-state index contributed by atoms with van der Waals surface area (Å²) in [6.07, 6.45) is 0. The van der Waals surface area contributed by atoms with Gasteiger partial charge in [-0.1, -0.05) is 59.7 Å². The van der Waals surface area contributed by atoms with E-state index in [0.29, 0.717) is 16.6 Å². The topological polar surface area (TPSA) is 90.4 Å². The summed E-state index contributed by atoms with van der Waals surface area (Å²) in [5.74, 6) is -0.183. The molecule has 0 radical (unpaired) electrons. The summed E-state index contributed by atoms with van der Waals surface area (Å²) in [7, 11) is 0. The quantitative estimate of drug-likeness (QED) is 0.429. The third kappa shape index (κ3) is 4.14. The Morgan fingerprint density at radius 2 is 1.63 bits per heavy atom. The van der Waals surface area contributed by atoms with E-state index in [4.69, 9.17) is 0 Å². The van der Waals surface area contributed by atoms with Gasteiger partial charge < -0.3 is 5.32 Å². The van der Waals surface area contributed by atoms with Gasteiger partial charge in [0.2, 0.25) is 11.7 Å². The van der Waals surface area contributed by atoms with Crippen LogP contribution in [0.25, 0.3) is 16.7 Å². The maximum absolute atomic E-state index is 13.4. The molecule has 0 atom stereocenters. The summed E-state index contributed by atoms with van der Waals surface area (Å²) in [5.41, 5.74) is 4.45. The van der Waals surface area contributed by atoms with Crippen molar-refractivity contribution in [2.75, 3.05) is 5.32 Å². The number of rotatable bonds is 5. The van der Waals surface area contributed by atoms with Gasteiger partial charge in [-0.3, -0.25) is 14.2 Å². The van der Waals surface area contributed by atoms with Gasteiger partial charge in [0, 0.05) is 5.69 Å². The summed E-state index contributed by atoms with van der Waals surface area (Å²) in [5, 5.41) is 7.68. The number of hydrogen-bond acceptors (Lipinski definition) is 4. The van der Waals surface area contributed by atoms with Crippen molar-refractivity contribution in [2.45, 2.75) is 33.9 Å². The van der Waals surface area contributed by atoms with Crippen LogP contribution in [0.3, 0.4) is 0 Å². The Kier molecular flexibility index (Phi) is 5.56. The second-order valence-corrected chi connectivity index (χ2v) is 8.84. The Bertz CT molecular complexity index is 1710. The number of nitrogens with zero attached hydrogens (tertiary/aromatic N) is 4. The number of carbonyl (C=O) groups is 1. The highest BCUT2D eigenvalue weighted by molar-refractivity contribution is 5.91. The minimum absolute atomic E-state index is 0.193. The number of anilines is 1. The van der Waals surface area contributed by atoms with Gasteiger partial charge in [-0.2, -0.15) is 0 Å². The lowest BCUT2D eigenvalue weighted by Gasteiger charge is -2.10. The number of fused-ring (bicyclic) bond motifs is 3. The van der Waals surface area contributed by atoms with Crippen molar-refractivity contribution in [3.05, 3.63) is 110 Å². The lowest BCUT2D eigenvalue weighted by molar-refractivity contribution is -0.117. The number of aromatic nitrogens is 4. The molecule has 0 bridgehead atoms. The summed E-state index contributed by atoms with van der Waals surface area (Å²) in [6, 6.07) is 20.5. The number of aryl methyl sites for hydroxylation is 3. The molecule has 1 amide bonds. The van der Waals surface area contributed by atoms with Gasteiger partial charge in [0.15, 0.2) is 0 Å². The first-order chi connectivity index (χ1) is 16.8. The third-order valence-corrected chi connectivity index (χ3v) is 6.09. The molecule has 0 unspecified atom stereocenters. The van der Waals surface area contributed by atoms with E-state index in [0.717, 1.165) is 26.9 Å². The summed E-state index contributed by atoms with van der Waals surface area (Å²) in [4.78, 5) is 39.6. The molecule has 0 aliphatic carbocycles. The largest absolute Gasteiger partial charge is 0.352 e. The molecule has 0 aliphatic heterocycles. The van der Waals surface area contributed by atoms with Gasteiger partial charge in [-0.05, 0) is 50.1 Å². The van der Waals surface area contributed by atoms with Gasteiger partial charge in [0.1, 0.15) is 6.54 Å². The molecule has 176 valence electrons. The molecule has 8 nitrogen and oxygen atoms in total. The van der Waals surface area contributed by atoms with Crippen molar-refractivity contribution in [1.29, 1.82) is 0 Å². The Hall–Kier alpha value is -4.46. The lowest BCUT2D eigenvalue weighted by atomic mass is 10.1. The van der Waals surface area contributed by atoms with E-state index in [1.807, 2.05) is 63.2 Å². The summed E-state index contributed by atoms with van der Waals surface area (Å²) >= 11 is 0. The van der Waals surface area contributed by atoms with E-state index in [9.17, 15) is 14.4 Å². The normalized spacial score (nSPS) is 11.3. The Morgan fingerprint density at radius 1 is 0.914 bits per heavy atom. The van der Waals surface area contributed by atoms with E-state index in [2.05, 4.69) is 10.4 Å². The molecular weight excluding hydrogens is 442 g/mol. The zero-order valence-corrected chi connectivity index (χ0v) is 19.8. The predicted octanol–water partition coefficient (Wildman–Crippen LogP) is 3.42. The second kappa shape index (κ2) is 8.72. The number of nitrogens with one attached hydrogen (secondary N) is 1. The monoisotopic (exact) mass is 467 g/mol. The summed E-state index contributed by atoms with van der Waals surface area (Å²) < 4.78 is 3.98. The molecule has 5 aromatic rings. The predicted molar refractivity (Wildman–Crippen MR) is 136 cm³/mol. The second-order valence-electron chi connectivity index (χ2n) is 8.84. The Labute approximate surface area is 201 Å². The van der Waals surface area contributed by atoms with E-state index in [1.54, 1.807) is 24.3 Å². The highest BCUT2D eigenvalue weighted by Crippen LogP contribution is 2.16. The van der Waals surface area contributed by atoms with E-state index >= 15 is 0 Å². The molecule has 8 heteroatoms. The molecule has 0 spiro atoms. The zero-order chi connectivity index (χ0) is 24.7. The molecule has 0 aliphatic rings. The van der Waals surface area contributed by atoms with Gasteiger partial charge in [0.25, 0.3) is 5.56 Å². The van der Waals surface area contributed by atoms with Crippen molar-refractivity contribution in [3.8, 4) is 0 Å². The average Bonchev–Trinajstić information content (AvgIpc) is 3.15. The smallest absolute Gasteiger partial charge is 0.324 e. The fourth-order valence-corrected chi connectivity index (χ4v) is 4.27. The van der Waals surface area contributed by atoms with Gasteiger partial charge in [-0.15, -0.1) is 5.10 Å². The molecule has 2 heterocycles. The van der Waals surface area contributed by atoms with Gasteiger partial charge in [-0.25, -0.2) is 13.9 Å². The minimum atomic E-state index is -0.482. The Balaban J connectivity index is 1.60. The van der Waals surface area contributed by atoms with Crippen LogP contribution >= 0.6 is 0 Å². The fourth-order valence-electron chi connectivity index (χ4n) is 4.27. The van der Waals surface area contributed by atoms with Crippen LogP contribution in [0.5, 0.6) is 0 Å². The molecule has 0 fully saturated rings. The highest BCUT2D eigenvalue weighted by atomic mass is 16.2. The van der Waals surface area contributed by atoms with E-state index in [-0.39, 0.29) is 30.3 Å². The van der Waals surface area contributed by atoms with Crippen molar-refractivity contribution in [1.82, 2.24) is 18.7 Å². The van der Waals surface area contributed by atoms with Crippen LogP contribution in [-0.2, 0) is 17.9 Å². The van der Waals surface area contributed by atoms with Crippen LogP contribution in [-0.4, -0.2) is 24.7 Å². The zero-order valence-electron chi connectivity index (χ0n) is 19.8. The fraction of sp³-hybridized carbons (Fsp3) is 0.185. The standard InChI is InChI=1S/C27H25N5O3/c1-17-8-11-20(12-9-17)15-30-25(34)21-6-4-5-7-23(21)32-26(30)29-31(27(32)35)16-24(33)28-22-13-10-18(2)14-19(22)3/h4-14H,15-16H2,1-3H3,(H,28,33). The summed E-state index contributed by atoms with van der Waals surface area (Å²) in [6.45, 7) is 5.86. The lowest BCUT2D eigenvalue weighted by Crippen LogP contribution is -2.29. The molecule has 3 aromatic carbocycles. The molecule has 1 N–H and O–H groups in total. The number of carbonyl (C=O) groups excluding carboxylic acids is 1. The molecule has 5 rings (SSSR count). The minimum Gasteiger partial charge on any atom is -0.324 e.